The number of rotatable bonds is 13. The van der Waals surface area contributed by atoms with Crippen molar-refractivity contribution in [2.24, 2.45) is 9.98 Å². The predicted molar refractivity (Wildman–Crippen MR) is 180 cm³/mol. The summed E-state index contributed by atoms with van der Waals surface area (Å²) >= 11 is 0. The summed E-state index contributed by atoms with van der Waals surface area (Å²) in [5.74, 6) is 1.83. The maximum absolute atomic E-state index is 4.76. The summed E-state index contributed by atoms with van der Waals surface area (Å²) < 4.78 is 0. The molecule has 0 amide bonds. The number of allylic oxidation sites excluding steroid dienone is 4. The smallest absolute Gasteiger partial charge is 0.0588 e. The van der Waals surface area contributed by atoms with Gasteiger partial charge in [-0.3, -0.25) is 9.98 Å². The molecule has 0 aliphatic rings. The van der Waals surface area contributed by atoms with Crippen LogP contribution in [0.15, 0.2) is 69.9 Å². The molecule has 2 N–H and O–H groups in total. The molecule has 0 fully saturated rings. The minimum atomic E-state index is 0.458. The van der Waals surface area contributed by atoms with E-state index in [2.05, 4.69) is 142 Å². The van der Waals surface area contributed by atoms with Gasteiger partial charge in [0.2, 0.25) is 0 Å². The standard InChI is InChI=1S/C36H54N4/c1-23(2)31-15-13-16-32(24(3)4)35(31)39-29(11)21-27(9)37-19-20-38-28(10)22-30(12)40-36-33(25(5)6)17-14-18-34(36)26(7)8/h13-18,21-26,39-40H,19-20H2,1-12H3. The maximum Gasteiger partial charge on any atom is 0.0588 e. The van der Waals surface area contributed by atoms with E-state index in [0.29, 0.717) is 36.8 Å². The highest BCUT2D eigenvalue weighted by Gasteiger charge is 2.15. The van der Waals surface area contributed by atoms with Crippen LogP contribution in [0.25, 0.3) is 0 Å². The highest BCUT2D eigenvalue weighted by molar-refractivity contribution is 5.94. The van der Waals surface area contributed by atoms with E-state index in [1.54, 1.807) is 0 Å². The van der Waals surface area contributed by atoms with E-state index in [1.165, 1.54) is 33.6 Å². The Bertz CT molecular complexity index is 1090. The zero-order chi connectivity index (χ0) is 30.0. The average molecular weight is 543 g/mol. The van der Waals surface area contributed by atoms with Gasteiger partial charge in [-0.2, -0.15) is 0 Å². The Labute approximate surface area is 245 Å². The Balaban J connectivity index is 2.06. The van der Waals surface area contributed by atoms with Gasteiger partial charge in [-0.25, -0.2) is 0 Å². The first kappa shape index (κ1) is 33.1. The third-order valence-electron chi connectivity index (χ3n) is 7.06. The fourth-order valence-electron chi connectivity index (χ4n) is 5.03. The SMILES string of the molecule is CC(=CC(C)=NCCN=C(C)C=C(C)Nc1c(C(C)C)cccc1C(C)C)Nc1c(C(C)C)cccc1C(C)C. The summed E-state index contributed by atoms with van der Waals surface area (Å²) in [6, 6.07) is 13.3. The Hall–Kier alpha value is -3.14. The molecule has 2 aromatic rings. The van der Waals surface area contributed by atoms with Crippen LogP contribution in [0, 0.1) is 0 Å². The molecule has 40 heavy (non-hydrogen) atoms. The van der Waals surface area contributed by atoms with Gasteiger partial charge in [0.05, 0.1) is 13.1 Å². The Morgan fingerprint density at radius 1 is 0.550 bits per heavy atom. The zero-order valence-corrected chi connectivity index (χ0v) is 27.2. The molecule has 0 saturated heterocycles. The Kier molecular flexibility index (Phi) is 12.9. The van der Waals surface area contributed by atoms with Crippen LogP contribution >= 0.6 is 0 Å². The van der Waals surface area contributed by atoms with Crippen LogP contribution in [-0.4, -0.2) is 24.5 Å². The summed E-state index contributed by atoms with van der Waals surface area (Å²) in [7, 11) is 0. The fraction of sp³-hybridized carbons (Fsp3) is 0.500. The van der Waals surface area contributed by atoms with Gasteiger partial charge in [0, 0.05) is 34.2 Å². The summed E-state index contributed by atoms with van der Waals surface area (Å²) in [4.78, 5) is 9.52. The molecule has 0 atom stereocenters. The van der Waals surface area contributed by atoms with E-state index < -0.39 is 0 Å². The van der Waals surface area contributed by atoms with Gasteiger partial charge in [-0.15, -0.1) is 0 Å². The number of para-hydroxylation sites is 2. The van der Waals surface area contributed by atoms with Gasteiger partial charge in [0.15, 0.2) is 0 Å². The lowest BCUT2D eigenvalue weighted by Gasteiger charge is -2.21. The van der Waals surface area contributed by atoms with Crippen LogP contribution in [-0.2, 0) is 0 Å². The van der Waals surface area contributed by atoms with Crippen molar-refractivity contribution in [1.82, 2.24) is 0 Å². The third kappa shape index (κ3) is 9.80. The topological polar surface area (TPSA) is 48.8 Å². The van der Waals surface area contributed by atoms with Crippen LogP contribution in [0.2, 0.25) is 0 Å². The predicted octanol–water partition coefficient (Wildman–Crippen LogP) is 10.4. The van der Waals surface area contributed by atoms with Gasteiger partial charge in [-0.1, -0.05) is 91.8 Å². The normalized spacial score (nSPS) is 13.7. The van der Waals surface area contributed by atoms with Crippen LogP contribution in [0.4, 0.5) is 11.4 Å². The fourth-order valence-corrected chi connectivity index (χ4v) is 5.03. The second-order valence-electron chi connectivity index (χ2n) is 12.2. The maximum atomic E-state index is 4.76. The summed E-state index contributed by atoms with van der Waals surface area (Å²) in [5, 5.41) is 7.36. The number of nitrogens with zero attached hydrogens (tertiary/aromatic N) is 2. The quantitative estimate of drug-likeness (QED) is 0.195. The third-order valence-corrected chi connectivity index (χ3v) is 7.06. The number of aliphatic imine (C=N–C) groups is 2. The second kappa shape index (κ2) is 15.6. The lowest BCUT2D eigenvalue weighted by atomic mass is 9.92. The number of anilines is 2. The van der Waals surface area contributed by atoms with E-state index in [0.717, 1.165) is 22.8 Å². The number of hydrogen-bond acceptors (Lipinski definition) is 4. The number of hydrogen-bond donors (Lipinski definition) is 2. The minimum Gasteiger partial charge on any atom is -0.359 e. The molecule has 2 aromatic carbocycles. The Morgan fingerprint density at radius 2 is 0.825 bits per heavy atom. The van der Waals surface area contributed by atoms with E-state index in [1.807, 2.05) is 0 Å². The van der Waals surface area contributed by atoms with Crippen LogP contribution in [0.3, 0.4) is 0 Å². The van der Waals surface area contributed by atoms with Crippen LogP contribution in [0.1, 0.15) is 129 Å². The molecule has 4 nitrogen and oxygen atoms in total. The molecule has 0 unspecified atom stereocenters. The van der Waals surface area contributed by atoms with E-state index in [9.17, 15) is 0 Å². The highest BCUT2D eigenvalue weighted by atomic mass is 14.9. The van der Waals surface area contributed by atoms with Crippen molar-refractivity contribution in [2.75, 3.05) is 23.7 Å². The van der Waals surface area contributed by atoms with Crippen LogP contribution in [0.5, 0.6) is 0 Å². The Morgan fingerprint density at radius 3 is 1.07 bits per heavy atom. The van der Waals surface area contributed by atoms with Gasteiger partial charge < -0.3 is 10.6 Å². The molecule has 0 aromatic heterocycles. The summed E-state index contributed by atoms with van der Waals surface area (Å²) in [6.07, 6.45) is 4.26. The van der Waals surface area contributed by atoms with E-state index in [-0.39, 0.29) is 0 Å². The van der Waals surface area contributed by atoms with Crippen molar-refractivity contribution >= 4 is 22.8 Å². The van der Waals surface area contributed by atoms with Crippen LogP contribution < -0.4 is 10.6 Å². The lowest BCUT2D eigenvalue weighted by molar-refractivity contribution is 0.836. The molecular formula is C36H54N4. The first-order valence-corrected chi connectivity index (χ1v) is 15.0. The van der Waals surface area contributed by atoms with Crippen molar-refractivity contribution in [3.63, 3.8) is 0 Å². The zero-order valence-electron chi connectivity index (χ0n) is 27.2. The first-order chi connectivity index (χ1) is 18.8. The van der Waals surface area contributed by atoms with Crippen molar-refractivity contribution in [1.29, 1.82) is 0 Å². The van der Waals surface area contributed by atoms with Gasteiger partial charge in [0.1, 0.15) is 0 Å². The second-order valence-corrected chi connectivity index (χ2v) is 12.2. The largest absolute Gasteiger partial charge is 0.359 e. The molecular weight excluding hydrogens is 488 g/mol. The van der Waals surface area contributed by atoms with Gasteiger partial charge >= 0.3 is 0 Å². The van der Waals surface area contributed by atoms with Gasteiger partial charge in [-0.05, 0) is 85.8 Å². The van der Waals surface area contributed by atoms with E-state index >= 15 is 0 Å². The van der Waals surface area contributed by atoms with Crippen molar-refractivity contribution in [3.8, 4) is 0 Å². The molecule has 0 spiro atoms. The summed E-state index contributed by atoms with van der Waals surface area (Å²) in [6.45, 7) is 27.7. The van der Waals surface area contributed by atoms with Crippen molar-refractivity contribution in [2.45, 2.75) is 107 Å². The molecule has 0 aliphatic carbocycles. The summed E-state index contributed by atoms with van der Waals surface area (Å²) in [5.41, 5.74) is 12.1. The molecule has 218 valence electrons. The minimum absolute atomic E-state index is 0.458. The van der Waals surface area contributed by atoms with Gasteiger partial charge in [0.25, 0.3) is 0 Å². The lowest BCUT2D eigenvalue weighted by Crippen LogP contribution is -2.07. The molecule has 0 heterocycles. The molecule has 4 heteroatoms. The first-order valence-electron chi connectivity index (χ1n) is 15.0. The highest BCUT2D eigenvalue weighted by Crippen LogP contribution is 2.34. The van der Waals surface area contributed by atoms with Crippen molar-refractivity contribution in [3.05, 3.63) is 82.2 Å². The molecule has 0 saturated carbocycles. The molecule has 0 aliphatic heterocycles. The molecule has 0 radical (unpaired) electrons. The van der Waals surface area contributed by atoms with E-state index in [4.69, 9.17) is 9.98 Å². The number of benzene rings is 2. The molecule has 2 rings (SSSR count). The number of nitrogens with one attached hydrogen (secondary N) is 2. The average Bonchev–Trinajstić information content (AvgIpc) is 2.86. The molecule has 0 bridgehead atoms. The monoisotopic (exact) mass is 542 g/mol. The van der Waals surface area contributed by atoms with Crippen molar-refractivity contribution < 1.29 is 0 Å².